The monoisotopic (exact) mass is 320 g/mol. The number of hydrogen-bond donors (Lipinski definition) is 0. The van der Waals surface area contributed by atoms with Gasteiger partial charge in [0.15, 0.2) is 6.10 Å². The molecular formula is C11H13IO3. The van der Waals surface area contributed by atoms with Crippen LogP contribution in [-0.4, -0.2) is 18.7 Å². The molecule has 0 N–H and O–H groups in total. The fourth-order valence-corrected chi connectivity index (χ4v) is 1.55. The number of esters is 1. The Kier molecular flexibility index (Phi) is 4.87. The molecule has 1 aromatic carbocycles. The van der Waals surface area contributed by atoms with Crippen molar-refractivity contribution in [1.29, 1.82) is 0 Å². The van der Waals surface area contributed by atoms with E-state index in [2.05, 4.69) is 22.6 Å². The van der Waals surface area contributed by atoms with Crippen LogP contribution in [0.1, 0.15) is 13.8 Å². The molecule has 0 amide bonds. The van der Waals surface area contributed by atoms with Crippen LogP contribution in [-0.2, 0) is 9.53 Å². The number of benzene rings is 1. The molecule has 0 spiro atoms. The molecule has 0 aliphatic rings. The van der Waals surface area contributed by atoms with Crippen LogP contribution in [0.3, 0.4) is 0 Å². The van der Waals surface area contributed by atoms with Crippen LogP contribution in [0, 0.1) is 3.57 Å². The average molecular weight is 320 g/mol. The van der Waals surface area contributed by atoms with Gasteiger partial charge in [0, 0.05) is 0 Å². The molecule has 3 nitrogen and oxygen atoms in total. The van der Waals surface area contributed by atoms with Crippen LogP contribution in [0.15, 0.2) is 24.3 Å². The summed E-state index contributed by atoms with van der Waals surface area (Å²) in [5.74, 6) is 0.371. The topological polar surface area (TPSA) is 35.5 Å². The van der Waals surface area contributed by atoms with E-state index in [0.717, 1.165) is 3.57 Å². The molecule has 0 bridgehead atoms. The first-order valence-electron chi connectivity index (χ1n) is 4.73. The van der Waals surface area contributed by atoms with Crippen molar-refractivity contribution in [3.8, 4) is 5.75 Å². The van der Waals surface area contributed by atoms with Gasteiger partial charge in [-0.3, -0.25) is 0 Å². The first kappa shape index (κ1) is 12.3. The van der Waals surface area contributed by atoms with E-state index in [1.165, 1.54) is 0 Å². The highest BCUT2D eigenvalue weighted by Crippen LogP contribution is 2.21. The van der Waals surface area contributed by atoms with Crippen LogP contribution in [0.25, 0.3) is 0 Å². The summed E-state index contributed by atoms with van der Waals surface area (Å²) in [6, 6.07) is 7.55. The van der Waals surface area contributed by atoms with Crippen LogP contribution in [0.5, 0.6) is 5.75 Å². The van der Waals surface area contributed by atoms with Gasteiger partial charge in [-0.1, -0.05) is 12.1 Å². The van der Waals surface area contributed by atoms with Crippen molar-refractivity contribution in [2.24, 2.45) is 0 Å². The molecule has 0 heterocycles. The second-order valence-corrected chi connectivity index (χ2v) is 4.10. The number of ether oxygens (including phenoxy) is 2. The quantitative estimate of drug-likeness (QED) is 0.632. The Morgan fingerprint density at radius 2 is 2.13 bits per heavy atom. The molecule has 0 aromatic heterocycles. The van der Waals surface area contributed by atoms with Crippen molar-refractivity contribution in [2.45, 2.75) is 20.0 Å². The molecule has 1 atom stereocenters. The molecule has 1 unspecified atom stereocenters. The van der Waals surface area contributed by atoms with Gasteiger partial charge < -0.3 is 9.47 Å². The first-order valence-corrected chi connectivity index (χ1v) is 5.80. The van der Waals surface area contributed by atoms with Crippen molar-refractivity contribution >= 4 is 28.6 Å². The summed E-state index contributed by atoms with van der Waals surface area (Å²) < 4.78 is 11.3. The fraction of sp³-hybridized carbons (Fsp3) is 0.364. The highest BCUT2D eigenvalue weighted by Gasteiger charge is 2.16. The molecular weight excluding hydrogens is 307 g/mol. The van der Waals surface area contributed by atoms with E-state index in [4.69, 9.17) is 9.47 Å². The van der Waals surface area contributed by atoms with E-state index in [1.54, 1.807) is 13.8 Å². The third-order valence-electron chi connectivity index (χ3n) is 1.76. The predicted octanol–water partition coefficient (Wildman–Crippen LogP) is 2.62. The Morgan fingerprint density at radius 3 is 2.73 bits per heavy atom. The molecule has 4 heteroatoms. The normalized spacial score (nSPS) is 11.9. The van der Waals surface area contributed by atoms with E-state index >= 15 is 0 Å². The largest absolute Gasteiger partial charge is 0.478 e. The van der Waals surface area contributed by atoms with E-state index in [-0.39, 0.29) is 5.97 Å². The van der Waals surface area contributed by atoms with Crippen molar-refractivity contribution in [3.05, 3.63) is 27.8 Å². The zero-order chi connectivity index (χ0) is 11.3. The van der Waals surface area contributed by atoms with Crippen molar-refractivity contribution in [1.82, 2.24) is 0 Å². The Morgan fingerprint density at radius 1 is 1.47 bits per heavy atom. The lowest BCUT2D eigenvalue weighted by atomic mass is 10.3. The maximum Gasteiger partial charge on any atom is 0.347 e. The summed E-state index contributed by atoms with van der Waals surface area (Å²) in [6.07, 6.45) is -0.569. The molecule has 0 radical (unpaired) electrons. The lowest BCUT2D eigenvalue weighted by molar-refractivity contribution is -0.150. The van der Waals surface area contributed by atoms with E-state index in [0.29, 0.717) is 12.4 Å². The van der Waals surface area contributed by atoms with Gasteiger partial charge in [-0.25, -0.2) is 4.79 Å². The smallest absolute Gasteiger partial charge is 0.347 e. The number of halogens is 1. The van der Waals surface area contributed by atoms with Crippen LogP contribution >= 0.6 is 22.6 Å². The maximum atomic E-state index is 11.3. The molecule has 0 saturated heterocycles. The highest BCUT2D eigenvalue weighted by molar-refractivity contribution is 14.1. The van der Waals surface area contributed by atoms with Gasteiger partial charge in [0.1, 0.15) is 5.75 Å². The third-order valence-corrected chi connectivity index (χ3v) is 2.65. The van der Waals surface area contributed by atoms with Crippen LogP contribution in [0.2, 0.25) is 0 Å². The van der Waals surface area contributed by atoms with Crippen LogP contribution < -0.4 is 4.74 Å². The van der Waals surface area contributed by atoms with Crippen molar-refractivity contribution < 1.29 is 14.3 Å². The lowest BCUT2D eigenvalue weighted by Crippen LogP contribution is -2.26. The third kappa shape index (κ3) is 3.70. The SMILES string of the molecule is CCOC(=O)C(C)Oc1ccccc1I. The minimum absolute atomic E-state index is 0.336. The molecule has 0 saturated carbocycles. The van der Waals surface area contributed by atoms with E-state index < -0.39 is 6.10 Å². The number of hydrogen-bond acceptors (Lipinski definition) is 3. The van der Waals surface area contributed by atoms with Crippen molar-refractivity contribution in [3.63, 3.8) is 0 Å². The highest BCUT2D eigenvalue weighted by atomic mass is 127. The summed E-state index contributed by atoms with van der Waals surface area (Å²) in [7, 11) is 0. The minimum atomic E-state index is -0.569. The van der Waals surface area contributed by atoms with E-state index in [1.807, 2.05) is 24.3 Å². The van der Waals surface area contributed by atoms with Gasteiger partial charge >= 0.3 is 5.97 Å². The predicted molar refractivity (Wildman–Crippen MR) is 65.9 cm³/mol. The van der Waals surface area contributed by atoms with E-state index in [9.17, 15) is 4.79 Å². The summed E-state index contributed by atoms with van der Waals surface area (Å²) in [4.78, 5) is 11.3. The first-order chi connectivity index (χ1) is 7.15. The number of para-hydroxylation sites is 1. The fourth-order valence-electron chi connectivity index (χ4n) is 1.04. The Hall–Kier alpha value is -0.780. The van der Waals surface area contributed by atoms with Gasteiger partial charge in [0.25, 0.3) is 0 Å². The Balaban J connectivity index is 2.62. The zero-order valence-electron chi connectivity index (χ0n) is 8.70. The van der Waals surface area contributed by atoms with Crippen molar-refractivity contribution in [2.75, 3.05) is 6.61 Å². The van der Waals surface area contributed by atoms with Gasteiger partial charge in [0.2, 0.25) is 0 Å². The zero-order valence-corrected chi connectivity index (χ0v) is 10.9. The number of carbonyl (C=O) groups is 1. The summed E-state index contributed by atoms with van der Waals surface area (Å²) in [5, 5.41) is 0. The molecule has 0 aliphatic carbocycles. The molecule has 1 rings (SSSR count). The minimum Gasteiger partial charge on any atom is -0.478 e. The number of rotatable bonds is 4. The standard InChI is InChI=1S/C11H13IO3/c1-3-14-11(13)8(2)15-10-7-5-4-6-9(10)12/h4-8H,3H2,1-2H3. The van der Waals surface area contributed by atoms with Crippen LogP contribution in [0.4, 0.5) is 0 Å². The summed E-state index contributed by atoms with van der Waals surface area (Å²) >= 11 is 2.16. The molecule has 0 fully saturated rings. The van der Waals surface area contributed by atoms with Gasteiger partial charge in [-0.15, -0.1) is 0 Å². The average Bonchev–Trinajstić information content (AvgIpc) is 2.21. The lowest BCUT2D eigenvalue weighted by Gasteiger charge is -2.14. The van der Waals surface area contributed by atoms with Gasteiger partial charge in [0.05, 0.1) is 10.2 Å². The molecule has 1 aromatic rings. The molecule has 0 aliphatic heterocycles. The Labute approximate surface area is 103 Å². The van der Waals surface area contributed by atoms with Gasteiger partial charge in [-0.05, 0) is 48.6 Å². The second kappa shape index (κ2) is 5.95. The second-order valence-electron chi connectivity index (χ2n) is 2.94. The number of carbonyl (C=O) groups excluding carboxylic acids is 1. The summed E-state index contributed by atoms with van der Waals surface area (Å²) in [6.45, 7) is 3.83. The molecule has 15 heavy (non-hydrogen) atoms. The molecule has 82 valence electrons. The van der Waals surface area contributed by atoms with Gasteiger partial charge in [-0.2, -0.15) is 0 Å². The Bertz CT molecular complexity index is 338. The maximum absolute atomic E-state index is 11.3. The summed E-state index contributed by atoms with van der Waals surface area (Å²) in [5.41, 5.74) is 0.